The molecular formula is C18H14N4O3. The minimum Gasteiger partial charge on any atom is -0.496 e. The maximum atomic E-state index is 5.88. The van der Waals surface area contributed by atoms with Crippen molar-refractivity contribution < 1.29 is 13.7 Å². The molecule has 0 radical (unpaired) electrons. The number of methoxy groups -OCH3 is 1. The Morgan fingerprint density at radius 3 is 2.64 bits per heavy atom. The van der Waals surface area contributed by atoms with Crippen LogP contribution in [0.5, 0.6) is 5.75 Å². The maximum absolute atomic E-state index is 5.88. The molecule has 124 valence electrons. The lowest BCUT2D eigenvalue weighted by Crippen LogP contribution is -1.87. The minimum absolute atomic E-state index is 0.332. The summed E-state index contributed by atoms with van der Waals surface area (Å²) in [6, 6.07) is 11.2. The van der Waals surface area contributed by atoms with Crippen LogP contribution in [0.25, 0.3) is 34.2 Å². The molecule has 0 saturated carbocycles. The van der Waals surface area contributed by atoms with Crippen LogP contribution in [0.15, 0.2) is 57.7 Å². The number of nitrogens with zero attached hydrogens (tertiary/aromatic N) is 4. The van der Waals surface area contributed by atoms with Gasteiger partial charge in [-0.2, -0.15) is 0 Å². The van der Waals surface area contributed by atoms with Crippen molar-refractivity contribution in [1.82, 2.24) is 20.3 Å². The fourth-order valence-corrected chi connectivity index (χ4v) is 2.58. The predicted octanol–water partition coefficient (Wildman–Crippen LogP) is 3.77. The third-order valence-electron chi connectivity index (χ3n) is 3.77. The lowest BCUT2D eigenvalue weighted by atomic mass is 10.1. The van der Waals surface area contributed by atoms with Crippen molar-refractivity contribution in [2.75, 3.05) is 7.11 Å². The van der Waals surface area contributed by atoms with E-state index in [0.29, 0.717) is 34.5 Å². The van der Waals surface area contributed by atoms with Crippen molar-refractivity contribution in [3.63, 3.8) is 0 Å². The molecule has 0 amide bonds. The molecule has 0 atom stereocenters. The summed E-state index contributed by atoms with van der Waals surface area (Å²) >= 11 is 0. The summed E-state index contributed by atoms with van der Waals surface area (Å²) < 4.78 is 16.6. The topological polar surface area (TPSA) is 87.1 Å². The van der Waals surface area contributed by atoms with Crippen LogP contribution < -0.4 is 4.74 Å². The van der Waals surface area contributed by atoms with E-state index >= 15 is 0 Å². The van der Waals surface area contributed by atoms with Gasteiger partial charge in [-0.15, -0.1) is 10.2 Å². The molecule has 0 unspecified atom stereocenters. The lowest BCUT2D eigenvalue weighted by Gasteiger charge is -2.03. The number of hydrogen-bond acceptors (Lipinski definition) is 7. The van der Waals surface area contributed by atoms with Crippen molar-refractivity contribution in [3.05, 3.63) is 54.6 Å². The van der Waals surface area contributed by atoms with Crippen molar-refractivity contribution in [3.8, 4) is 39.9 Å². The number of ether oxygens (including phenoxy) is 1. The third kappa shape index (κ3) is 2.65. The Morgan fingerprint density at radius 1 is 1.00 bits per heavy atom. The number of aromatic nitrogens is 4. The number of pyridine rings is 1. The highest BCUT2D eigenvalue weighted by molar-refractivity contribution is 5.77. The van der Waals surface area contributed by atoms with Crippen LogP contribution in [-0.2, 0) is 0 Å². The van der Waals surface area contributed by atoms with Gasteiger partial charge in [0.15, 0.2) is 0 Å². The number of hydrogen-bond donors (Lipinski definition) is 0. The molecule has 0 aliphatic rings. The summed E-state index contributed by atoms with van der Waals surface area (Å²) in [5.74, 6) is 1.95. The highest BCUT2D eigenvalue weighted by Crippen LogP contribution is 2.36. The van der Waals surface area contributed by atoms with E-state index in [-0.39, 0.29) is 0 Å². The van der Waals surface area contributed by atoms with Gasteiger partial charge in [0.05, 0.1) is 12.7 Å². The molecule has 7 nitrogen and oxygen atoms in total. The molecule has 7 heteroatoms. The van der Waals surface area contributed by atoms with Gasteiger partial charge < -0.3 is 13.7 Å². The largest absolute Gasteiger partial charge is 0.496 e. The summed E-state index contributed by atoms with van der Waals surface area (Å²) in [6.07, 6.45) is 3.40. The Kier molecular flexibility index (Phi) is 3.74. The second-order valence-electron chi connectivity index (χ2n) is 5.32. The monoisotopic (exact) mass is 334 g/mol. The number of para-hydroxylation sites is 1. The molecule has 1 aromatic carbocycles. The second kappa shape index (κ2) is 6.20. The van der Waals surface area contributed by atoms with Gasteiger partial charge in [-0.05, 0) is 31.2 Å². The Morgan fingerprint density at radius 2 is 1.84 bits per heavy atom. The smallest absolute Gasteiger partial charge is 0.254 e. The van der Waals surface area contributed by atoms with Crippen molar-refractivity contribution in [2.24, 2.45) is 0 Å². The molecule has 3 aromatic heterocycles. The van der Waals surface area contributed by atoms with E-state index < -0.39 is 0 Å². The first kappa shape index (κ1) is 15.1. The zero-order valence-corrected chi connectivity index (χ0v) is 13.6. The summed E-state index contributed by atoms with van der Waals surface area (Å²) in [6.45, 7) is 1.80. The normalized spacial score (nSPS) is 10.8. The summed E-state index contributed by atoms with van der Waals surface area (Å²) in [5.41, 5.74) is 2.80. The van der Waals surface area contributed by atoms with E-state index in [0.717, 1.165) is 11.1 Å². The van der Waals surface area contributed by atoms with E-state index in [9.17, 15) is 0 Å². The van der Waals surface area contributed by atoms with Crippen LogP contribution >= 0.6 is 0 Å². The van der Waals surface area contributed by atoms with Gasteiger partial charge in [0, 0.05) is 18.0 Å². The van der Waals surface area contributed by atoms with E-state index in [1.54, 1.807) is 26.4 Å². The maximum Gasteiger partial charge on any atom is 0.254 e. The first-order valence-electron chi connectivity index (χ1n) is 7.62. The van der Waals surface area contributed by atoms with E-state index in [1.165, 1.54) is 0 Å². The molecule has 0 spiro atoms. The van der Waals surface area contributed by atoms with E-state index in [1.807, 2.05) is 36.4 Å². The van der Waals surface area contributed by atoms with E-state index in [2.05, 4.69) is 20.3 Å². The van der Waals surface area contributed by atoms with Crippen molar-refractivity contribution >= 4 is 0 Å². The van der Waals surface area contributed by atoms with Gasteiger partial charge in [0.1, 0.15) is 22.8 Å². The molecule has 0 fully saturated rings. The molecule has 0 bridgehead atoms. The van der Waals surface area contributed by atoms with Crippen LogP contribution in [0.3, 0.4) is 0 Å². The predicted molar refractivity (Wildman–Crippen MR) is 89.8 cm³/mol. The van der Waals surface area contributed by atoms with Gasteiger partial charge in [0.25, 0.3) is 11.8 Å². The van der Waals surface area contributed by atoms with Gasteiger partial charge in [0.2, 0.25) is 0 Å². The molecule has 0 saturated heterocycles. The van der Waals surface area contributed by atoms with Crippen molar-refractivity contribution in [1.29, 1.82) is 0 Å². The molecule has 0 aliphatic carbocycles. The fraction of sp³-hybridized carbons (Fsp3) is 0.111. The fourth-order valence-electron chi connectivity index (χ4n) is 2.58. The van der Waals surface area contributed by atoms with Crippen molar-refractivity contribution in [2.45, 2.75) is 6.92 Å². The highest BCUT2D eigenvalue weighted by Gasteiger charge is 2.23. The van der Waals surface area contributed by atoms with Crippen LogP contribution in [0.2, 0.25) is 0 Å². The minimum atomic E-state index is 0.332. The quantitative estimate of drug-likeness (QED) is 0.561. The first-order chi connectivity index (χ1) is 12.3. The molecule has 0 N–H and O–H groups in total. The molecule has 3 heterocycles. The lowest BCUT2D eigenvalue weighted by molar-refractivity contribution is 0.399. The van der Waals surface area contributed by atoms with Crippen LogP contribution in [0.4, 0.5) is 0 Å². The highest BCUT2D eigenvalue weighted by atomic mass is 16.5. The number of aryl methyl sites for hydroxylation is 1. The average Bonchev–Trinajstić information content (AvgIpc) is 3.29. The third-order valence-corrected chi connectivity index (χ3v) is 3.77. The van der Waals surface area contributed by atoms with Gasteiger partial charge in [-0.3, -0.25) is 4.98 Å². The summed E-state index contributed by atoms with van der Waals surface area (Å²) in [4.78, 5) is 4.12. The second-order valence-corrected chi connectivity index (χ2v) is 5.32. The van der Waals surface area contributed by atoms with Gasteiger partial charge >= 0.3 is 0 Å². The van der Waals surface area contributed by atoms with Gasteiger partial charge in [-0.25, -0.2) is 0 Å². The number of rotatable bonds is 4. The molecule has 4 aromatic rings. The van der Waals surface area contributed by atoms with Crippen LogP contribution in [0, 0.1) is 6.92 Å². The number of benzene rings is 1. The summed E-state index contributed by atoms with van der Waals surface area (Å²) in [5, 5.41) is 12.4. The zero-order chi connectivity index (χ0) is 17.2. The van der Waals surface area contributed by atoms with Gasteiger partial charge in [-0.1, -0.05) is 17.3 Å². The summed E-state index contributed by atoms with van der Waals surface area (Å²) in [7, 11) is 1.60. The SMILES string of the molecule is COc1ccccc1-c1nnc(-c2c(-c3cccnc3)noc2C)o1. The van der Waals surface area contributed by atoms with Crippen LogP contribution in [-0.4, -0.2) is 27.4 Å². The Bertz CT molecular complexity index is 1010. The van der Waals surface area contributed by atoms with Crippen LogP contribution in [0.1, 0.15) is 5.76 Å². The first-order valence-corrected chi connectivity index (χ1v) is 7.62. The molecule has 4 rings (SSSR count). The Hall–Kier alpha value is -3.48. The average molecular weight is 334 g/mol. The molecule has 25 heavy (non-hydrogen) atoms. The zero-order valence-electron chi connectivity index (χ0n) is 13.6. The standard InChI is InChI=1S/C18H14N4O3/c1-11-15(16(22-25-11)12-6-5-9-19-10-12)18-21-20-17(24-18)13-7-3-4-8-14(13)23-2/h3-10H,1-2H3. The Labute approximate surface area is 143 Å². The molecule has 0 aliphatic heterocycles. The van der Waals surface area contributed by atoms with E-state index in [4.69, 9.17) is 13.7 Å². The molecular weight excluding hydrogens is 320 g/mol. The Balaban J connectivity index is 1.81.